The second kappa shape index (κ2) is 9.72. The Bertz CT molecular complexity index is 1290. The van der Waals surface area contributed by atoms with Crippen molar-refractivity contribution in [2.45, 2.75) is 112 Å². The van der Waals surface area contributed by atoms with Crippen LogP contribution >= 0.6 is 0 Å². The molecule has 0 radical (unpaired) electrons. The van der Waals surface area contributed by atoms with Crippen molar-refractivity contribution in [1.82, 2.24) is 0 Å². The number of aliphatic hydroxyl groups is 1. The molecule has 5 fully saturated rings. The summed E-state index contributed by atoms with van der Waals surface area (Å²) in [6.07, 6.45) is 5.39. The number of hydrogen-bond acceptors (Lipinski definition) is 9. The first-order valence-corrected chi connectivity index (χ1v) is 17.9. The molecular formula is C30H48O9S2-2. The molecule has 41 heavy (non-hydrogen) atoms. The highest BCUT2D eigenvalue weighted by molar-refractivity contribution is 7.81. The highest BCUT2D eigenvalue weighted by Gasteiger charge is 2.72. The summed E-state index contributed by atoms with van der Waals surface area (Å²) < 4.78 is 81.4. The second-order valence-electron chi connectivity index (χ2n) is 15.7. The van der Waals surface area contributed by atoms with Gasteiger partial charge in [-0.3, -0.25) is 8.37 Å². The van der Waals surface area contributed by atoms with Gasteiger partial charge in [0.25, 0.3) is 0 Å². The molecule has 1 N–H and O–H groups in total. The highest BCUT2D eigenvalue weighted by atomic mass is 32.3. The zero-order valence-electron chi connectivity index (χ0n) is 25.3. The molecule has 0 bridgehead atoms. The van der Waals surface area contributed by atoms with Gasteiger partial charge in [0.15, 0.2) is 0 Å². The lowest BCUT2D eigenvalue weighted by atomic mass is 9.32. The summed E-state index contributed by atoms with van der Waals surface area (Å²) in [5, 5.41) is 10.1. The Hall–Kier alpha value is -0.560. The van der Waals surface area contributed by atoms with E-state index in [4.69, 9.17) is 8.37 Å². The normalized spacial score (nSPS) is 49.3. The van der Waals surface area contributed by atoms with Crippen LogP contribution < -0.4 is 0 Å². The van der Waals surface area contributed by atoms with Gasteiger partial charge in [0.05, 0.1) is 18.8 Å². The zero-order valence-corrected chi connectivity index (χ0v) is 27.0. The Morgan fingerprint density at radius 1 is 0.780 bits per heavy atom. The molecule has 9 nitrogen and oxygen atoms in total. The third-order valence-electron chi connectivity index (χ3n) is 14.0. The van der Waals surface area contributed by atoms with E-state index in [0.29, 0.717) is 19.3 Å². The fourth-order valence-electron chi connectivity index (χ4n) is 12.1. The summed E-state index contributed by atoms with van der Waals surface area (Å²) >= 11 is 0. The van der Waals surface area contributed by atoms with Gasteiger partial charge < -0.3 is 14.2 Å². The van der Waals surface area contributed by atoms with Gasteiger partial charge in [0.1, 0.15) is 0 Å². The minimum atomic E-state index is -4.94. The van der Waals surface area contributed by atoms with Crippen LogP contribution in [-0.2, 0) is 29.2 Å². The van der Waals surface area contributed by atoms with E-state index in [0.717, 1.165) is 44.1 Å². The van der Waals surface area contributed by atoms with E-state index in [9.17, 15) is 31.0 Å². The van der Waals surface area contributed by atoms with Gasteiger partial charge in [-0.25, -0.2) is 16.8 Å². The Labute approximate surface area is 246 Å². The van der Waals surface area contributed by atoms with Gasteiger partial charge >= 0.3 is 0 Å². The maximum absolute atomic E-state index is 12.1. The quantitative estimate of drug-likeness (QED) is 0.248. The van der Waals surface area contributed by atoms with Gasteiger partial charge in [0, 0.05) is 0 Å². The zero-order chi connectivity index (χ0) is 30.6. The molecule has 0 amide bonds. The third kappa shape index (κ3) is 4.70. The van der Waals surface area contributed by atoms with Crippen molar-refractivity contribution >= 4 is 20.8 Å². The molecule has 0 aliphatic heterocycles. The molecule has 0 unspecified atom stereocenters. The maximum Gasteiger partial charge on any atom is 0.217 e. The van der Waals surface area contributed by atoms with E-state index < -0.39 is 43.8 Å². The number of hydrogen-bond donors (Lipinski definition) is 1. The topological polar surface area (TPSA) is 153 Å². The van der Waals surface area contributed by atoms with E-state index in [1.54, 1.807) is 0 Å². The lowest BCUT2D eigenvalue weighted by Gasteiger charge is -2.73. The van der Waals surface area contributed by atoms with Crippen molar-refractivity contribution in [2.75, 3.05) is 6.61 Å². The van der Waals surface area contributed by atoms with Gasteiger partial charge in [-0.05, 0) is 120 Å². The van der Waals surface area contributed by atoms with Crippen LogP contribution in [0.5, 0.6) is 0 Å². The minimum absolute atomic E-state index is 0.0303. The van der Waals surface area contributed by atoms with E-state index >= 15 is 0 Å². The molecule has 0 aromatic rings. The molecule has 0 heterocycles. The van der Waals surface area contributed by atoms with Crippen molar-refractivity contribution in [1.29, 1.82) is 0 Å². The first-order valence-electron chi connectivity index (χ1n) is 15.2. The summed E-state index contributed by atoms with van der Waals surface area (Å²) in [6, 6.07) is 0. The summed E-state index contributed by atoms with van der Waals surface area (Å²) in [6.45, 7) is 17.1. The van der Waals surface area contributed by atoms with Crippen molar-refractivity contribution in [3.8, 4) is 0 Å². The van der Waals surface area contributed by atoms with E-state index in [2.05, 4.69) is 34.3 Å². The van der Waals surface area contributed by atoms with Crippen LogP contribution in [-0.4, -0.2) is 49.9 Å². The monoisotopic (exact) mass is 616 g/mol. The Kier molecular flexibility index (Phi) is 7.55. The average molecular weight is 617 g/mol. The van der Waals surface area contributed by atoms with Crippen LogP contribution in [0.4, 0.5) is 0 Å². The molecule has 0 saturated heterocycles. The molecule has 5 aliphatic rings. The van der Waals surface area contributed by atoms with Gasteiger partial charge in [-0.2, -0.15) is 0 Å². The highest BCUT2D eigenvalue weighted by Crippen LogP contribution is 2.77. The van der Waals surface area contributed by atoms with Crippen LogP contribution in [0.1, 0.15) is 99.3 Å². The minimum Gasteiger partial charge on any atom is -0.726 e. The fraction of sp³-hybridized carbons (Fsp3) is 0.933. The lowest BCUT2D eigenvalue weighted by molar-refractivity contribution is -0.257. The van der Waals surface area contributed by atoms with Crippen molar-refractivity contribution in [3.05, 3.63) is 12.2 Å². The first kappa shape index (κ1) is 31.9. The van der Waals surface area contributed by atoms with Crippen molar-refractivity contribution in [2.24, 2.45) is 56.7 Å². The number of fused-ring (bicyclic) bond motifs is 7. The van der Waals surface area contributed by atoms with Gasteiger partial charge in [-0.1, -0.05) is 48.1 Å². The van der Waals surface area contributed by atoms with Crippen LogP contribution in [0.15, 0.2) is 12.2 Å². The van der Waals surface area contributed by atoms with Crippen LogP contribution in [0.25, 0.3) is 0 Å². The average Bonchev–Trinajstić information content (AvgIpc) is 3.18. The maximum atomic E-state index is 12.1. The van der Waals surface area contributed by atoms with E-state index in [1.165, 1.54) is 0 Å². The summed E-state index contributed by atoms with van der Waals surface area (Å²) in [4.78, 5) is 0. The molecule has 5 saturated carbocycles. The predicted octanol–water partition coefficient (Wildman–Crippen LogP) is 4.94. The molecule has 0 aromatic heterocycles. The van der Waals surface area contributed by atoms with E-state index in [1.807, 2.05) is 13.8 Å². The Morgan fingerprint density at radius 3 is 1.95 bits per heavy atom. The Balaban J connectivity index is 1.57. The molecule has 0 spiro atoms. The van der Waals surface area contributed by atoms with Crippen molar-refractivity contribution in [3.63, 3.8) is 0 Å². The molecule has 0 aromatic carbocycles. The molecule has 5 aliphatic carbocycles. The second-order valence-corrected chi connectivity index (χ2v) is 17.7. The number of rotatable bonds is 6. The van der Waals surface area contributed by atoms with Crippen LogP contribution in [0.2, 0.25) is 0 Å². The van der Waals surface area contributed by atoms with Crippen molar-refractivity contribution < 1.29 is 39.4 Å². The largest absolute Gasteiger partial charge is 0.726 e. The lowest BCUT2D eigenvalue weighted by Crippen LogP contribution is -2.68. The third-order valence-corrected chi connectivity index (χ3v) is 15.0. The van der Waals surface area contributed by atoms with E-state index in [-0.39, 0.29) is 52.4 Å². The molecule has 11 atom stereocenters. The van der Waals surface area contributed by atoms with Gasteiger partial charge in [-0.15, -0.1) is 0 Å². The standard InChI is InChI=1S/C30H50O9S2/c1-18(17-31)19-10-13-28(5)24(39-41(35,36)37)16-30(7)20(25(19)28)8-9-22-27(4)14-12-23(38-40(32,33)34)26(2,3)21(27)11-15-29(22,30)6/h19-25,31H,1,8-17H2,2-7H3,(H,32,33,34)(H,35,36,37)/p-2/t19-,20+,21-,22+,23-,24-,25+,27-,28+,29+,30+/m0/s1. The molecular weight excluding hydrogens is 568 g/mol. The van der Waals surface area contributed by atoms with Crippen LogP contribution in [0, 0.1) is 56.7 Å². The summed E-state index contributed by atoms with van der Waals surface area (Å²) in [5.41, 5.74) is -0.940. The SMILES string of the molecule is C=C(CO)[C@@H]1CC[C@@]2(C)[C@H]1[C@H]1CC[C@@H]3[C@@]4(C)CC[C@H](OS(=O)(=O)[O-])C(C)(C)[C@@H]4CC[C@@]3(C)[C@]1(C)C[C@@H]2OS(=O)(=O)[O-]. The summed E-state index contributed by atoms with van der Waals surface area (Å²) in [7, 11) is -9.76. The smallest absolute Gasteiger partial charge is 0.217 e. The predicted molar refractivity (Wildman–Crippen MR) is 151 cm³/mol. The van der Waals surface area contributed by atoms with Crippen LogP contribution in [0.3, 0.4) is 0 Å². The van der Waals surface area contributed by atoms with Gasteiger partial charge in [0.2, 0.25) is 20.8 Å². The molecule has 11 heteroatoms. The first-order chi connectivity index (χ1) is 18.6. The number of aliphatic hydroxyl groups excluding tert-OH is 1. The Morgan fingerprint density at radius 2 is 1.37 bits per heavy atom. The fourth-order valence-corrected chi connectivity index (χ4v) is 13.3. The summed E-state index contributed by atoms with van der Waals surface area (Å²) in [5.74, 6) is 0.734. The molecule has 236 valence electrons. The molecule has 5 rings (SSSR count).